The molecule has 0 heterocycles. The smallest absolute Gasteiger partial charge is 0.219 e. The molecule has 0 aliphatic heterocycles. The molecule has 0 saturated carbocycles. The molecule has 21 heavy (non-hydrogen) atoms. The Labute approximate surface area is 132 Å². The maximum atomic E-state index is 13.7. The van der Waals surface area contributed by atoms with E-state index < -0.39 is 28.7 Å². The second-order valence-corrected chi connectivity index (χ2v) is 5.59. The van der Waals surface area contributed by atoms with Crippen LogP contribution in [-0.2, 0) is 5.79 Å². The van der Waals surface area contributed by atoms with E-state index in [4.69, 9.17) is 11.6 Å². The quantitative estimate of drug-likeness (QED) is 0.802. The molecule has 0 radical (unpaired) electrons. The first-order chi connectivity index (χ1) is 9.77. The zero-order valence-electron chi connectivity index (χ0n) is 10.7. The van der Waals surface area contributed by atoms with E-state index in [1.165, 1.54) is 12.1 Å². The van der Waals surface area contributed by atoms with Crippen LogP contribution in [0.5, 0.6) is 5.75 Å². The van der Waals surface area contributed by atoms with Gasteiger partial charge in [-0.25, -0.2) is 8.78 Å². The summed E-state index contributed by atoms with van der Waals surface area (Å²) in [6.07, 6.45) is 0. The summed E-state index contributed by atoms with van der Waals surface area (Å²) in [4.78, 5) is 0. The van der Waals surface area contributed by atoms with Gasteiger partial charge in [-0.1, -0.05) is 27.5 Å². The average Bonchev–Trinajstić information content (AvgIpc) is 2.41. The second-order valence-electron chi connectivity index (χ2n) is 4.27. The van der Waals surface area contributed by atoms with Gasteiger partial charge in [0, 0.05) is 20.6 Å². The fourth-order valence-corrected chi connectivity index (χ4v) is 2.49. The Balaban J connectivity index is 2.61. The van der Waals surface area contributed by atoms with Crippen LogP contribution in [0.2, 0.25) is 5.02 Å². The van der Waals surface area contributed by atoms with Crippen molar-refractivity contribution in [3.63, 3.8) is 0 Å². The predicted molar refractivity (Wildman–Crippen MR) is 77.3 cm³/mol. The Morgan fingerprint density at radius 3 is 2.24 bits per heavy atom. The van der Waals surface area contributed by atoms with Gasteiger partial charge in [-0.15, -0.1) is 0 Å². The van der Waals surface area contributed by atoms with E-state index in [1.54, 1.807) is 6.07 Å². The van der Waals surface area contributed by atoms with Gasteiger partial charge in [0.15, 0.2) is 17.4 Å². The van der Waals surface area contributed by atoms with E-state index in [0.717, 1.165) is 19.2 Å². The molecule has 0 spiro atoms. The monoisotopic (exact) mass is 378 g/mol. The average molecular weight is 380 g/mol. The molecule has 2 aromatic rings. The molecule has 0 aromatic heterocycles. The highest BCUT2D eigenvalue weighted by Crippen LogP contribution is 2.36. The largest absolute Gasteiger partial charge is 0.491 e. The second kappa shape index (κ2) is 5.88. The van der Waals surface area contributed by atoms with E-state index in [9.17, 15) is 19.0 Å². The van der Waals surface area contributed by atoms with Gasteiger partial charge in [0.05, 0.1) is 7.11 Å². The van der Waals surface area contributed by atoms with Crippen molar-refractivity contribution in [1.29, 1.82) is 0 Å². The third-order valence-electron chi connectivity index (χ3n) is 2.91. The van der Waals surface area contributed by atoms with Gasteiger partial charge in [0.2, 0.25) is 5.79 Å². The highest BCUT2D eigenvalue weighted by atomic mass is 79.9. The highest BCUT2D eigenvalue weighted by molar-refractivity contribution is 9.10. The summed E-state index contributed by atoms with van der Waals surface area (Å²) in [5.41, 5.74) is -0.513. The van der Waals surface area contributed by atoms with Crippen LogP contribution in [0.15, 0.2) is 34.8 Å². The van der Waals surface area contributed by atoms with E-state index in [-0.39, 0.29) is 10.6 Å². The summed E-state index contributed by atoms with van der Waals surface area (Å²) in [6, 6.07) is 5.93. The minimum atomic E-state index is -2.66. The van der Waals surface area contributed by atoms with E-state index >= 15 is 0 Å². The van der Waals surface area contributed by atoms with Crippen LogP contribution < -0.4 is 4.74 Å². The third kappa shape index (κ3) is 3.03. The normalized spacial score (nSPS) is 11.6. The zero-order chi connectivity index (χ0) is 15.8. The highest BCUT2D eigenvalue weighted by Gasteiger charge is 2.33. The van der Waals surface area contributed by atoms with Crippen LogP contribution in [-0.4, -0.2) is 17.3 Å². The van der Waals surface area contributed by atoms with Crippen molar-refractivity contribution in [3.8, 4) is 5.75 Å². The van der Waals surface area contributed by atoms with Crippen molar-refractivity contribution >= 4 is 27.5 Å². The Hall–Kier alpha value is -1.21. The van der Waals surface area contributed by atoms with Gasteiger partial charge in [-0.3, -0.25) is 0 Å². The molecule has 2 N–H and O–H groups in total. The first kappa shape index (κ1) is 16.2. The lowest BCUT2D eigenvalue weighted by Gasteiger charge is -2.24. The molecule has 2 rings (SSSR count). The molecule has 0 fully saturated rings. The van der Waals surface area contributed by atoms with E-state index in [1.807, 2.05) is 0 Å². The number of benzene rings is 2. The van der Waals surface area contributed by atoms with Crippen LogP contribution in [0.25, 0.3) is 0 Å². The van der Waals surface area contributed by atoms with Crippen molar-refractivity contribution in [2.45, 2.75) is 5.79 Å². The fraction of sp³-hybridized carbons (Fsp3) is 0.143. The van der Waals surface area contributed by atoms with Gasteiger partial charge in [-0.05, 0) is 30.3 Å². The Morgan fingerprint density at radius 2 is 1.71 bits per heavy atom. The Kier molecular flexibility index (Phi) is 4.53. The van der Waals surface area contributed by atoms with Gasteiger partial charge in [0.1, 0.15) is 0 Å². The summed E-state index contributed by atoms with van der Waals surface area (Å²) in [5, 5.41) is 20.5. The van der Waals surface area contributed by atoms with Crippen LogP contribution in [0.3, 0.4) is 0 Å². The zero-order valence-corrected chi connectivity index (χ0v) is 13.0. The topological polar surface area (TPSA) is 49.7 Å². The SMILES string of the molecule is COc1c(F)cc(C(O)(O)c2cc(Br)ccc2Cl)cc1F. The molecule has 0 aliphatic rings. The summed E-state index contributed by atoms with van der Waals surface area (Å²) >= 11 is 9.08. The number of methoxy groups -OCH3 is 1. The van der Waals surface area contributed by atoms with Crippen molar-refractivity contribution in [2.24, 2.45) is 0 Å². The number of ether oxygens (including phenoxy) is 1. The Morgan fingerprint density at radius 1 is 1.14 bits per heavy atom. The minimum Gasteiger partial charge on any atom is -0.491 e. The Bertz CT molecular complexity index is 669. The summed E-state index contributed by atoms with van der Waals surface area (Å²) in [6.45, 7) is 0. The molecule has 3 nitrogen and oxygen atoms in total. The van der Waals surface area contributed by atoms with Crippen molar-refractivity contribution in [2.75, 3.05) is 7.11 Å². The van der Waals surface area contributed by atoms with Crippen LogP contribution in [0.1, 0.15) is 11.1 Å². The van der Waals surface area contributed by atoms with E-state index in [0.29, 0.717) is 4.47 Å². The first-order valence-electron chi connectivity index (χ1n) is 5.71. The van der Waals surface area contributed by atoms with Gasteiger partial charge in [-0.2, -0.15) is 0 Å². The molecule has 0 unspecified atom stereocenters. The third-order valence-corrected chi connectivity index (χ3v) is 3.73. The van der Waals surface area contributed by atoms with Crippen LogP contribution in [0, 0.1) is 11.6 Å². The molecule has 112 valence electrons. The molecule has 0 aliphatic carbocycles. The number of rotatable bonds is 3. The molecular formula is C14H10BrClF2O3. The van der Waals surface area contributed by atoms with Crippen molar-refractivity contribution < 1.29 is 23.7 Å². The number of hydrogen-bond acceptors (Lipinski definition) is 3. The molecule has 2 aromatic carbocycles. The maximum Gasteiger partial charge on any atom is 0.219 e. The van der Waals surface area contributed by atoms with Gasteiger partial charge >= 0.3 is 0 Å². The van der Waals surface area contributed by atoms with Crippen molar-refractivity contribution in [3.05, 3.63) is 62.6 Å². The summed E-state index contributed by atoms with van der Waals surface area (Å²) < 4.78 is 32.5. The molecule has 0 saturated heterocycles. The standard InChI is InChI=1S/C14H10BrClF2O3/c1-21-13-11(17)4-7(5-12(13)18)14(19,20)9-6-8(15)2-3-10(9)16/h2-6,19-20H,1H3. The number of halogens is 4. The number of hydrogen-bond donors (Lipinski definition) is 2. The minimum absolute atomic E-state index is 0.0415. The molecular weight excluding hydrogens is 370 g/mol. The van der Waals surface area contributed by atoms with Crippen molar-refractivity contribution in [1.82, 2.24) is 0 Å². The lowest BCUT2D eigenvalue weighted by molar-refractivity contribution is -0.132. The number of aliphatic hydroxyl groups is 2. The van der Waals surface area contributed by atoms with E-state index in [2.05, 4.69) is 20.7 Å². The van der Waals surface area contributed by atoms with Gasteiger partial charge < -0.3 is 14.9 Å². The lowest BCUT2D eigenvalue weighted by Crippen LogP contribution is -2.27. The van der Waals surface area contributed by atoms with Gasteiger partial charge in [0.25, 0.3) is 0 Å². The van der Waals surface area contributed by atoms with Crippen LogP contribution in [0.4, 0.5) is 8.78 Å². The van der Waals surface area contributed by atoms with Crippen LogP contribution >= 0.6 is 27.5 Å². The lowest BCUT2D eigenvalue weighted by atomic mass is 9.97. The predicted octanol–water partition coefficient (Wildman–Crippen LogP) is 3.58. The maximum absolute atomic E-state index is 13.7. The summed E-state index contributed by atoms with van der Waals surface area (Å²) in [7, 11) is 1.11. The molecule has 0 atom stereocenters. The molecule has 0 bridgehead atoms. The first-order valence-corrected chi connectivity index (χ1v) is 6.88. The molecule has 7 heteroatoms. The summed E-state index contributed by atoms with van der Waals surface area (Å²) in [5.74, 6) is -5.36. The fourth-order valence-electron chi connectivity index (χ4n) is 1.88. The molecule has 0 amide bonds.